The Morgan fingerprint density at radius 1 is 1.06 bits per heavy atom. The lowest BCUT2D eigenvalue weighted by molar-refractivity contribution is -0.152. The zero-order valence-corrected chi connectivity index (χ0v) is 18.0. The van der Waals surface area contributed by atoms with Crippen molar-refractivity contribution in [3.05, 3.63) is 64.8 Å². The van der Waals surface area contributed by atoms with Crippen LogP contribution in [0.2, 0.25) is 0 Å². The summed E-state index contributed by atoms with van der Waals surface area (Å²) in [6.07, 6.45) is -11.2. The molecular formula is C22H18ClF6NO3. The number of ether oxygens (including phenoxy) is 1. The first-order chi connectivity index (χ1) is 15.1. The van der Waals surface area contributed by atoms with Gasteiger partial charge in [0, 0.05) is 6.07 Å². The Balaban J connectivity index is 2.23. The number of para-hydroxylation sites is 1. The van der Waals surface area contributed by atoms with Gasteiger partial charge >= 0.3 is 18.3 Å². The van der Waals surface area contributed by atoms with Gasteiger partial charge in [0.15, 0.2) is 0 Å². The number of benzene rings is 1. The Morgan fingerprint density at radius 3 is 2.09 bits per heavy atom. The SMILES string of the molecule is CC1(C)CC1(C(=O)O)/C(=C(\Cl)C(F)(F)F)[C@@H](c1cccc(Oc2ccccc2)n1)C(F)(F)F. The van der Waals surface area contributed by atoms with Crippen LogP contribution in [0.3, 0.4) is 0 Å². The average molecular weight is 494 g/mol. The van der Waals surface area contributed by atoms with Crippen molar-refractivity contribution in [2.75, 3.05) is 0 Å². The number of alkyl halides is 6. The topological polar surface area (TPSA) is 59.4 Å². The number of carboxylic acid groups (broad SMARTS) is 1. The Kier molecular flexibility index (Phi) is 6.21. The summed E-state index contributed by atoms with van der Waals surface area (Å²) in [7, 11) is 0. The number of nitrogens with zero attached hydrogens (tertiary/aromatic N) is 1. The van der Waals surface area contributed by atoms with E-state index in [4.69, 9.17) is 16.3 Å². The lowest BCUT2D eigenvalue weighted by Crippen LogP contribution is -2.36. The molecule has 1 fully saturated rings. The van der Waals surface area contributed by atoms with E-state index >= 15 is 0 Å². The summed E-state index contributed by atoms with van der Waals surface area (Å²) >= 11 is 5.47. The van der Waals surface area contributed by atoms with Crippen molar-refractivity contribution in [3.8, 4) is 11.6 Å². The van der Waals surface area contributed by atoms with Crippen molar-refractivity contribution < 1.29 is 41.0 Å². The lowest BCUT2D eigenvalue weighted by atomic mass is 9.77. The second kappa shape index (κ2) is 8.23. The van der Waals surface area contributed by atoms with Gasteiger partial charge < -0.3 is 9.84 Å². The molecule has 11 heteroatoms. The Morgan fingerprint density at radius 2 is 1.64 bits per heavy atom. The number of pyridine rings is 1. The molecule has 0 radical (unpaired) electrons. The maximum absolute atomic E-state index is 14.3. The molecule has 0 bridgehead atoms. The lowest BCUT2D eigenvalue weighted by Gasteiger charge is -2.31. The van der Waals surface area contributed by atoms with E-state index in [0.29, 0.717) is 0 Å². The Labute approximate surface area is 189 Å². The molecule has 2 atom stereocenters. The van der Waals surface area contributed by atoms with Crippen LogP contribution in [0.1, 0.15) is 31.9 Å². The van der Waals surface area contributed by atoms with Crippen molar-refractivity contribution in [1.29, 1.82) is 0 Å². The summed E-state index contributed by atoms with van der Waals surface area (Å²) in [5.74, 6) is -4.92. The molecule has 178 valence electrons. The van der Waals surface area contributed by atoms with Crippen LogP contribution in [0.15, 0.2) is 59.1 Å². The van der Waals surface area contributed by atoms with E-state index in [2.05, 4.69) is 4.98 Å². The minimum atomic E-state index is -5.40. The summed E-state index contributed by atoms with van der Waals surface area (Å²) in [4.78, 5) is 15.8. The quantitative estimate of drug-likeness (QED) is 0.437. The van der Waals surface area contributed by atoms with Gasteiger partial charge in [-0.25, -0.2) is 4.98 Å². The van der Waals surface area contributed by atoms with Crippen LogP contribution >= 0.6 is 11.6 Å². The average Bonchev–Trinajstić information content (AvgIpc) is 3.28. The number of hydrogen-bond donors (Lipinski definition) is 1. The summed E-state index contributed by atoms with van der Waals surface area (Å²) in [5, 5.41) is 7.65. The van der Waals surface area contributed by atoms with Crippen LogP contribution in [0.4, 0.5) is 26.3 Å². The predicted octanol–water partition coefficient (Wildman–Crippen LogP) is 7.08. The third-order valence-electron chi connectivity index (χ3n) is 5.67. The summed E-state index contributed by atoms with van der Waals surface area (Å²) in [6, 6.07) is 11.1. The van der Waals surface area contributed by atoms with Gasteiger partial charge in [-0.05, 0) is 35.6 Å². The van der Waals surface area contributed by atoms with E-state index in [0.717, 1.165) is 12.1 Å². The molecule has 0 saturated heterocycles. The molecule has 2 aromatic rings. The van der Waals surface area contributed by atoms with Crippen molar-refractivity contribution >= 4 is 17.6 Å². The molecular weight excluding hydrogens is 476 g/mol. The highest BCUT2D eigenvalue weighted by molar-refractivity contribution is 6.31. The van der Waals surface area contributed by atoms with Crippen molar-refractivity contribution in [2.45, 2.75) is 38.5 Å². The number of allylic oxidation sites excluding steroid dienone is 1. The zero-order chi connectivity index (χ0) is 24.8. The zero-order valence-electron chi connectivity index (χ0n) is 17.3. The molecule has 1 aromatic heterocycles. The van der Waals surface area contributed by atoms with Gasteiger partial charge in [0.1, 0.15) is 16.7 Å². The minimum absolute atomic E-state index is 0.236. The molecule has 4 nitrogen and oxygen atoms in total. The van der Waals surface area contributed by atoms with Crippen LogP contribution in [0.25, 0.3) is 0 Å². The Hall–Kier alpha value is -2.75. The molecule has 3 rings (SSSR count). The predicted molar refractivity (Wildman–Crippen MR) is 107 cm³/mol. The molecule has 1 heterocycles. The monoisotopic (exact) mass is 493 g/mol. The van der Waals surface area contributed by atoms with Gasteiger partial charge in [-0.2, -0.15) is 26.3 Å². The largest absolute Gasteiger partial charge is 0.481 e. The standard InChI is InChI=1S/C22H18ClF6NO3/c1-19(2)11-20(19,18(31)32)16(17(23)22(27,28)29)15(21(24,25)26)13-9-6-10-14(30-13)33-12-7-4-3-5-8-12/h3-10,15H,11H2,1-2H3,(H,31,32)/b17-16-/t15-,20?/m1/s1. The maximum atomic E-state index is 14.3. The van der Waals surface area contributed by atoms with Crippen LogP contribution in [0, 0.1) is 10.8 Å². The molecule has 1 N–H and O–H groups in total. The fourth-order valence-corrected chi connectivity index (χ4v) is 4.28. The van der Waals surface area contributed by atoms with E-state index in [1.54, 1.807) is 18.2 Å². The highest BCUT2D eigenvalue weighted by Gasteiger charge is 2.73. The van der Waals surface area contributed by atoms with Gasteiger partial charge in [0.05, 0.1) is 11.1 Å². The molecule has 1 aliphatic carbocycles. The molecule has 0 amide bonds. The number of hydrogen-bond acceptors (Lipinski definition) is 3. The van der Waals surface area contributed by atoms with Gasteiger partial charge in [0.2, 0.25) is 5.88 Å². The third kappa shape index (κ3) is 4.66. The number of rotatable bonds is 6. The molecule has 0 aliphatic heterocycles. The normalized spacial score (nSPS) is 21.7. The number of carboxylic acids is 1. The first-order valence-electron chi connectivity index (χ1n) is 9.58. The van der Waals surface area contributed by atoms with Crippen molar-refractivity contribution in [1.82, 2.24) is 4.98 Å². The van der Waals surface area contributed by atoms with Crippen LogP contribution < -0.4 is 4.74 Å². The van der Waals surface area contributed by atoms with Gasteiger partial charge in [-0.1, -0.05) is 49.7 Å². The minimum Gasteiger partial charge on any atom is -0.481 e. The second-order valence-electron chi connectivity index (χ2n) is 8.29. The second-order valence-corrected chi connectivity index (χ2v) is 8.66. The molecule has 1 aliphatic rings. The maximum Gasteiger partial charge on any atom is 0.426 e. The molecule has 33 heavy (non-hydrogen) atoms. The Bertz CT molecular complexity index is 1080. The van der Waals surface area contributed by atoms with Crippen LogP contribution in [-0.4, -0.2) is 28.4 Å². The van der Waals surface area contributed by atoms with Gasteiger partial charge in [-0.3, -0.25) is 4.79 Å². The molecule has 1 unspecified atom stereocenters. The van der Waals surface area contributed by atoms with Crippen LogP contribution in [-0.2, 0) is 4.79 Å². The fraction of sp³-hybridized carbons (Fsp3) is 0.364. The highest BCUT2D eigenvalue weighted by atomic mass is 35.5. The first-order valence-corrected chi connectivity index (χ1v) is 9.96. The molecule has 1 aromatic carbocycles. The summed E-state index contributed by atoms with van der Waals surface area (Å²) in [5.41, 5.74) is -6.22. The summed E-state index contributed by atoms with van der Waals surface area (Å²) in [6.45, 7) is 2.55. The van der Waals surface area contributed by atoms with E-state index in [-0.39, 0.29) is 11.6 Å². The molecule has 0 spiro atoms. The van der Waals surface area contributed by atoms with Crippen LogP contribution in [0.5, 0.6) is 11.6 Å². The highest BCUT2D eigenvalue weighted by Crippen LogP contribution is 2.72. The van der Waals surface area contributed by atoms with Gasteiger partial charge in [0.25, 0.3) is 0 Å². The van der Waals surface area contributed by atoms with Crippen molar-refractivity contribution in [2.24, 2.45) is 10.8 Å². The number of aliphatic carboxylic acids is 1. The van der Waals surface area contributed by atoms with E-state index in [1.807, 2.05) is 0 Å². The first kappa shape index (κ1) is 24.9. The van der Waals surface area contributed by atoms with E-state index in [9.17, 15) is 36.2 Å². The van der Waals surface area contributed by atoms with E-state index < -0.39 is 57.8 Å². The van der Waals surface area contributed by atoms with E-state index in [1.165, 1.54) is 32.0 Å². The smallest absolute Gasteiger partial charge is 0.426 e. The number of carbonyl (C=O) groups is 1. The fourth-order valence-electron chi connectivity index (χ4n) is 4.01. The number of halogens is 7. The summed E-state index contributed by atoms with van der Waals surface area (Å²) < 4.78 is 89.1. The third-order valence-corrected chi connectivity index (χ3v) is 6.09. The molecule has 1 saturated carbocycles. The van der Waals surface area contributed by atoms with Crippen molar-refractivity contribution in [3.63, 3.8) is 0 Å². The number of aromatic nitrogens is 1. The van der Waals surface area contributed by atoms with Gasteiger partial charge in [-0.15, -0.1) is 0 Å².